The van der Waals surface area contributed by atoms with Crippen LogP contribution in [0.2, 0.25) is 0 Å². The highest BCUT2D eigenvalue weighted by molar-refractivity contribution is 5.41. The third-order valence-corrected chi connectivity index (χ3v) is 4.35. The van der Waals surface area contributed by atoms with Crippen LogP contribution in [0.15, 0.2) is 12.1 Å². The minimum Gasteiger partial charge on any atom is -0.493 e. The van der Waals surface area contributed by atoms with Gasteiger partial charge in [-0.3, -0.25) is 0 Å². The highest BCUT2D eigenvalue weighted by Crippen LogP contribution is 2.24. The van der Waals surface area contributed by atoms with E-state index in [1.807, 2.05) is 0 Å². The summed E-state index contributed by atoms with van der Waals surface area (Å²) in [5.41, 5.74) is 3.57. The molecule has 1 aromatic carbocycles. The molecule has 21 heavy (non-hydrogen) atoms. The molecule has 1 atom stereocenters. The summed E-state index contributed by atoms with van der Waals surface area (Å²) >= 11 is 0. The summed E-state index contributed by atoms with van der Waals surface area (Å²) < 4.78 is 5.95. The van der Waals surface area contributed by atoms with Crippen molar-refractivity contribution in [3.8, 4) is 5.75 Å². The van der Waals surface area contributed by atoms with Crippen molar-refractivity contribution in [1.29, 1.82) is 0 Å². The molecule has 0 fully saturated rings. The zero-order chi connectivity index (χ0) is 15.9. The van der Waals surface area contributed by atoms with Crippen LogP contribution in [0.25, 0.3) is 0 Å². The van der Waals surface area contributed by atoms with E-state index in [2.05, 4.69) is 52.1 Å². The van der Waals surface area contributed by atoms with Crippen molar-refractivity contribution in [2.45, 2.75) is 59.4 Å². The minimum absolute atomic E-state index is 0.157. The van der Waals surface area contributed by atoms with Crippen molar-refractivity contribution in [3.63, 3.8) is 0 Å². The molecule has 3 heteroatoms. The van der Waals surface area contributed by atoms with Gasteiger partial charge in [0, 0.05) is 5.54 Å². The Morgan fingerprint density at radius 2 is 1.90 bits per heavy atom. The van der Waals surface area contributed by atoms with E-state index in [0.29, 0.717) is 6.61 Å². The second-order valence-corrected chi connectivity index (χ2v) is 5.98. The smallest absolute Gasteiger partial charge is 0.122 e. The topological polar surface area (TPSA) is 41.5 Å². The van der Waals surface area contributed by atoms with Crippen molar-refractivity contribution >= 4 is 0 Å². The third-order valence-electron chi connectivity index (χ3n) is 4.35. The molecule has 0 aliphatic carbocycles. The first-order valence-electron chi connectivity index (χ1n) is 8.04. The lowest BCUT2D eigenvalue weighted by Crippen LogP contribution is -2.48. The van der Waals surface area contributed by atoms with Gasteiger partial charge in [-0.05, 0) is 69.3 Å². The fraction of sp³-hybridized carbons (Fsp3) is 0.667. The Balaban J connectivity index is 2.54. The SMILES string of the molecule is CCNC(CC)(CO)CCCOc1cc(C)cc(C)c1C. The molecular formula is C18H31NO2. The van der Waals surface area contributed by atoms with Gasteiger partial charge in [0.2, 0.25) is 0 Å². The summed E-state index contributed by atoms with van der Waals surface area (Å²) in [7, 11) is 0. The molecule has 0 spiro atoms. The van der Waals surface area contributed by atoms with Gasteiger partial charge in [0.1, 0.15) is 5.75 Å². The summed E-state index contributed by atoms with van der Waals surface area (Å²) in [6, 6.07) is 4.28. The Hall–Kier alpha value is -1.06. The Kier molecular flexibility index (Phi) is 7.20. The molecule has 1 aromatic rings. The first kappa shape index (κ1) is 18.0. The fourth-order valence-corrected chi connectivity index (χ4v) is 2.76. The normalized spacial score (nSPS) is 14.0. The molecule has 0 saturated heterocycles. The van der Waals surface area contributed by atoms with E-state index in [1.54, 1.807) is 0 Å². The second-order valence-electron chi connectivity index (χ2n) is 5.98. The molecule has 0 aliphatic heterocycles. The molecule has 0 saturated carbocycles. The second kappa shape index (κ2) is 8.40. The van der Waals surface area contributed by atoms with Crippen molar-refractivity contribution in [1.82, 2.24) is 5.32 Å². The molecule has 3 nitrogen and oxygen atoms in total. The van der Waals surface area contributed by atoms with Crippen LogP contribution in [0, 0.1) is 20.8 Å². The summed E-state index contributed by atoms with van der Waals surface area (Å²) in [6.07, 6.45) is 2.80. The highest BCUT2D eigenvalue weighted by Gasteiger charge is 2.25. The molecular weight excluding hydrogens is 262 g/mol. The van der Waals surface area contributed by atoms with Crippen LogP contribution in [-0.2, 0) is 0 Å². The van der Waals surface area contributed by atoms with Gasteiger partial charge in [-0.15, -0.1) is 0 Å². The molecule has 1 unspecified atom stereocenters. The van der Waals surface area contributed by atoms with Gasteiger partial charge in [0.15, 0.2) is 0 Å². The van der Waals surface area contributed by atoms with Crippen LogP contribution in [0.3, 0.4) is 0 Å². The number of likely N-dealkylation sites (N-methyl/N-ethyl adjacent to an activating group) is 1. The largest absolute Gasteiger partial charge is 0.493 e. The molecule has 0 heterocycles. The maximum atomic E-state index is 9.64. The van der Waals surface area contributed by atoms with E-state index in [0.717, 1.165) is 31.6 Å². The van der Waals surface area contributed by atoms with E-state index in [1.165, 1.54) is 16.7 Å². The summed E-state index contributed by atoms with van der Waals surface area (Å²) in [5, 5.41) is 13.1. The predicted octanol–water partition coefficient (Wildman–Crippen LogP) is 3.52. The van der Waals surface area contributed by atoms with Crippen LogP contribution in [0.1, 0.15) is 49.8 Å². The quantitative estimate of drug-likeness (QED) is 0.685. The zero-order valence-electron chi connectivity index (χ0n) is 14.3. The molecule has 120 valence electrons. The number of aliphatic hydroxyl groups excluding tert-OH is 1. The summed E-state index contributed by atoms with van der Waals surface area (Å²) in [6.45, 7) is 12.3. The molecule has 0 amide bonds. The van der Waals surface area contributed by atoms with Gasteiger partial charge >= 0.3 is 0 Å². The number of hydrogen-bond acceptors (Lipinski definition) is 3. The maximum Gasteiger partial charge on any atom is 0.122 e. The monoisotopic (exact) mass is 293 g/mol. The maximum absolute atomic E-state index is 9.64. The minimum atomic E-state index is -0.157. The third kappa shape index (κ3) is 5.01. The molecule has 0 aromatic heterocycles. The van der Waals surface area contributed by atoms with E-state index < -0.39 is 0 Å². The van der Waals surface area contributed by atoms with Crippen LogP contribution in [-0.4, -0.2) is 30.4 Å². The van der Waals surface area contributed by atoms with Crippen LogP contribution in [0.5, 0.6) is 5.75 Å². The Labute approximate surface area is 129 Å². The van der Waals surface area contributed by atoms with Gasteiger partial charge in [-0.1, -0.05) is 19.9 Å². The molecule has 0 radical (unpaired) electrons. The van der Waals surface area contributed by atoms with E-state index in [-0.39, 0.29) is 12.1 Å². The van der Waals surface area contributed by atoms with Crippen LogP contribution >= 0.6 is 0 Å². The Morgan fingerprint density at radius 3 is 2.48 bits per heavy atom. The number of aryl methyl sites for hydroxylation is 2. The molecule has 0 bridgehead atoms. The van der Waals surface area contributed by atoms with Gasteiger partial charge < -0.3 is 15.2 Å². The number of hydrogen-bond donors (Lipinski definition) is 2. The van der Waals surface area contributed by atoms with Gasteiger partial charge in [-0.2, -0.15) is 0 Å². The van der Waals surface area contributed by atoms with E-state index in [9.17, 15) is 5.11 Å². The fourth-order valence-electron chi connectivity index (χ4n) is 2.76. The lowest BCUT2D eigenvalue weighted by Gasteiger charge is -2.31. The first-order chi connectivity index (χ1) is 9.98. The molecule has 1 rings (SSSR count). The average molecular weight is 293 g/mol. The Bertz CT molecular complexity index is 439. The number of rotatable bonds is 9. The van der Waals surface area contributed by atoms with Crippen molar-refractivity contribution in [2.75, 3.05) is 19.8 Å². The summed E-state index contributed by atoms with van der Waals surface area (Å²) in [4.78, 5) is 0. The average Bonchev–Trinajstić information content (AvgIpc) is 2.47. The number of nitrogens with one attached hydrogen (secondary N) is 1. The molecule has 2 N–H and O–H groups in total. The summed E-state index contributed by atoms with van der Waals surface area (Å²) in [5.74, 6) is 0.988. The van der Waals surface area contributed by atoms with E-state index >= 15 is 0 Å². The zero-order valence-corrected chi connectivity index (χ0v) is 14.3. The highest BCUT2D eigenvalue weighted by atomic mass is 16.5. The lowest BCUT2D eigenvalue weighted by molar-refractivity contribution is 0.139. The van der Waals surface area contributed by atoms with Gasteiger partial charge in [0.05, 0.1) is 13.2 Å². The van der Waals surface area contributed by atoms with Crippen LogP contribution in [0.4, 0.5) is 0 Å². The Morgan fingerprint density at radius 1 is 1.19 bits per heavy atom. The first-order valence-corrected chi connectivity index (χ1v) is 8.04. The van der Waals surface area contributed by atoms with Crippen molar-refractivity contribution in [2.24, 2.45) is 0 Å². The lowest BCUT2D eigenvalue weighted by atomic mass is 9.91. The standard InChI is InChI=1S/C18H31NO2/c1-6-18(13-20,19-7-2)9-8-10-21-17-12-14(3)11-15(4)16(17)5/h11-12,19-20H,6-10,13H2,1-5H3. The van der Waals surface area contributed by atoms with Gasteiger partial charge in [0.25, 0.3) is 0 Å². The number of benzene rings is 1. The van der Waals surface area contributed by atoms with Crippen molar-refractivity contribution < 1.29 is 9.84 Å². The number of aliphatic hydroxyl groups is 1. The predicted molar refractivity (Wildman–Crippen MR) is 89.2 cm³/mol. The number of ether oxygens (including phenoxy) is 1. The van der Waals surface area contributed by atoms with E-state index in [4.69, 9.17) is 4.74 Å². The van der Waals surface area contributed by atoms with Gasteiger partial charge in [-0.25, -0.2) is 0 Å². The molecule has 0 aliphatic rings. The van der Waals surface area contributed by atoms with Crippen LogP contribution < -0.4 is 10.1 Å². The van der Waals surface area contributed by atoms with Crippen molar-refractivity contribution in [3.05, 3.63) is 28.8 Å².